The normalized spacial score (nSPS) is 18.1. The molecule has 26 heavy (non-hydrogen) atoms. The first-order valence-electron chi connectivity index (χ1n) is 9.39. The summed E-state index contributed by atoms with van der Waals surface area (Å²) in [7, 11) is 0. The average molecular weight is 352 g/mol. The molecule has 1 aliphatic carbocycles. The predicted molar refractivity (Wildman–Crippen MR) is 99.5 cm³/mol. The van der Waals surface area contributed by atoms with Crippen LogP contribution in [-0.4, -0.2) is 46.3 Å². The van der Waals surface area contributed by atoms with Crippen LogP contribution >= 0.6 is 0 Å². The summed E-state index contributed by atoms with van der Waals surface area (Å²) in [5.41, 5.74) is 0.740. The highest BCUT2D eigenvalue weighted by Crippen LogP contribution is 2.28. The van der Waals surface area contributed by atoms with Crippen molar-refractivity contribution in [2.75, 3.05) is 19.6 Å². The van der Waals surface area contributed by atoms with E-state index in [1.165, 1.54) is 29.7 Å². The highest BCUT2D eigenvalue weighted by molar-refractivity contribution is 5.92. The number of nitrogens with one attached hydrogen (secondary N) is 1. The number of carbonyl (C=O) groups is 1. The zero-order valence-electron chi connectivity index (χ0n) is 14.8. The maximum atomic E-state index is 12.8. The summed E-state index contributed by atoms with van der Waals surface area (Å²) in [4.78, 5) is 26.8. The van der Waals surface area contributed by atoms with Gasteiger partial charge < -0.3 is 10.2 Å². The Morgan fingerprint density at radius 3 is 2.46 bits per heavy atom. The monoisotopic (exact) mass is 352 g/mol. The zero-order chi connectivity index (χ0) is 17.9. The lowest BCUT2D eigenvalue weighted by Crippen LogP contribution is -2.45. The van der Waals surface area contributed by atoms with Gasteiger partial charge in [0.2, 0.25) is 0 Å². The van der Waals surface area contributed by atoms with E-state index in [-0.39, 0.29) is 11.5 Å². The number of hydrogen-bond donors (Lipinski definition) is 1. The van der Waals surface area contributed by atoms with Gasteiger partial charge in [0.05, 0.1) is 5.69 Å². The Balaban J connectivity index is 1.43. The van der Waals surface area contributed by atoms with Gasteiger partial charge >= 0.3 is 0 Å². The van der Waals surface area contributed by atoms with Crippen molar-refractivity contribution in [1.29, 1.82) is 0 Å². The average Bonchev–Trinajstić information content (AvgIpc) is 3.52. The third-order valence-corrected chi connectivity index (χ3v) is 5.19. The molecule has 1 aromatic heterocycles. The van der Waals surface area contributed by atoms with Gasteiger partial charge in [0.15, 0.2) is 0 Å². The molecule has 2 heterocycles. The van der Waals surface area contributed by atoms with Gasteiger partial charge in [-0.15, -0.1) is 0 Å². The number of rotatable bonds is 5. The van der Waals surface area contributed by atoms with Crippen molar-refractivity contribution in [2.45, 2.75) is 31.7 Å². The van der Waals surface area contributed by atoms with Crippen LogP contribution < -0.4 is 10.9 Å². The van der Waals surface area contributed by atoms with Crippen molar-refractivity contribution >= 4 is 5.91 Å². The largest absolute Gasteiger partial charge is 0.337 e. The minimum absolute atomic E-state index is 0.102. The summed E-state index contributed by atoms with van der Waals surface area (Å²) in [6.45, 7) is 2.57. The van der Waals surface area contributed by atoms with Crippen molar-refractivity contribution in [1.82, 2.24) is 20.0 Å². The molecule has 0 spiro atoms. The number of hydrogen-bond acceptors (Lipinski definition) is 4. The van der Waals surface area contributed by atoms with Gasteiger partial charge in [-0.2, -0.15) is 9.78 Å². The molecule has 2 aliphatic rings. The van der Waals surface area contributed by atoms with Crippen molar-refractivity contribution in [2.24, 2.45) is 5.92 Å². The number of benzene rings is 1. The van der Waals surface area contributed by atoms with Crippen LogP contribution in [0.3, 0.4) is 0 Å². The molecule has 2 fully saturated rings. The number of likely N-dealkylation sites (tertiary alicyclic amines) is 1. The van der Waals surface area contributed by atoms with Crippen LogP contribution in [0.25, 0.3) is 5.69 Å². The molecule has 4 rings (SSSR count). The fourth-order valence-electron chi connectivity index (χ4n) is 3.38. The number of aromatic nitrogens is 2. The van der Waals surface area contributed by atoms with Crippen molar-refractivity contribution < 1.29 is 4.79 Å². The lowest BCUT2D eigenvalue weighted by atomic mass is 10.0. The fraction of sp³-hybridized carbons (Fsp3) is 0.450. The molecule has 1 saturated heterocycles. The van der Waals surface area contributed by atoms with Gasteiger partial charge in [-0.1, -0.05) is 18.2 Å². The van der Waals surface area contributed by atoms with E-state index in [9.17, 15) is 9.59 Å². The number of amides is 1. The molecule has 136 valence electrons. The minimum Gasteiger partial charge on any atom is -0.337 e. The van der Waals surface area contributed by atoms with Gasteiger partial charge in [-0.25, -0.2) is 0 Å². The Bertz CT molecular complexity index is 821. The van der Waals surface area contributed by atoms with Gasteiger partial charge in [-0.05, 0) is 56.3 Å². The molecular weight excluding hydrogens is 328 g/mol. The van der Waals surface area contributed by atoms with Crippen molar-refractivity contribution in [3.05, 3.63) is 58.5 Å². The quantitative estimate of drug-likeness (QED) is 0.892. The first-order chi connectivity index (χ1) is 12.7. The third-order valence-electron chi connectivity index (χ3n) is 5.19. The Morgan fingerprint density at radius 2 is 1.77 bits per heavy atom. The number of para-hydroxylation sites is 1. The topological polar surface area (TPSA) is 67.2 Å². The molecule has 1 saturated carbocycles. The second-order valence-corrected chi connectivity index (χ2v) is 7.22. The van der Waals surface area contributed by atoms with E-state index in [0.29, 0.717) is 17.4 Å². The zero-order valence-corrected chi connectivity index (χ0v) is 14.8. The molecule has 0 bridgehead atoms. The van der Waals surface area contributed by atoms with E-state index in [1.807, 2.05) is 23.1 Å². The Kier molecular flexibility index (Phi) is 4.84. The van der Waals surface area contributed by atoms with Gasteiger partial charge in [0.25, 0.3) is 11.5 Å². The number of carbonyl (C=O) groups excluding carboxylic acids is 1. The summed E-state index contributed by atoms with van der Waals surface area (Å²) >= 11 is 0. The second-order valence-electron chi connectivity index (χ2n) is 7.22. The Morgan fingerprint density at radius 1 is 1.04 bits per heavy atom. The molecule has 1 N–H and O–H groups in total. The fourth-order valence-corrected chi connectivity index (χ4v) is 3.38. The second kappa shape index (κ2) is 7.41. The third kappa shape index (κ3) is 3.85. The van der Waals surface area contributed by atoms with Crippen LogP contribution in [-0.2, 0) is 0 Å². The maximum absolute atomic E-state index is 12.8. The lowest BCUT2D eigenvalue weighted by Gasteiger charge is -2.32. The van der Waals surface area contributed by atoms with Crippen LogP contribution in [0.4, 0.5) is 0 Å². The first kappa shape index (κ1) is 17.0. The summed E-state index contributed by atoms with van der Waals surface area (Å²) in [6, 6.07) is 12.6. The van der Waals surface area contributed by atoms with E-state index in [2.05, 4.69) is 10.4 Å². The number of piperidine rings is 1. The molecule has 6 heteroatoms. The van der Waals surface area contributed by atoms with Crippen molar-refractivity contribution in [3.8, 4) is 5.69 Å². The van der Waals surface area contributed by atoms with E-state index in [0.717, 1.165) is 38.4 Å². The molecular formula is C20H24N4O2. The summed E-state index contributed by atoms with van der Waals surface area (Å²) in [5.74, 6) is 0.772. The van der Waals surface area contributed by atoms with Crippen LogP contribution in [0.1, 0.15) is 36.2 Å². The highest BCUT2D eigenvalue weighted by atomic mass is 16.2. The Hall–Kier alpha value is -2.47. The summed E-state index contributed by atoms with van der Waals surface area (Å²) in [5, 5.41) is 7.92. The molecule has 1 aliphatic heterocycles. The molecule has 1 amide bonds. The summed E-state index contributed by atoms with van der Waals surface area (Å²) in [6.07, 6.45) is 4.65. The number of nitrogens with zero attached hydrogens (tertiary/aromatic N) is 3. The van der Waals surface area contributed by atoms with E-state index in [1.54, 1.807) is 12.1 Å². The minimum atomic E-state index is -0.240. The smallest absolute Gasteiger partial charge is 0.274 e. The maximum Gasteiger partial charge on any atom is 0.274 e. The lowest BCUT2D eigenvalue weighted by molar-refractivity contribution is 0.0697. The standard InChI is InChI=1S/C20H24N4O2/c25-19-9-8-18(22-24(19)17-4-2-1-3-5-17)20(26)23-12-10-16(11-13-23)21-14-15-6-7-15/h1-5,8-9,15-16,21H,6-7,10-14H2. The first-order valence-corrected chi connectivity index (χ1v) is 9.39. The van der Waals surface area contributed by atoms with Gasteiger partial charge in [0, 0.05) is 25.2 Å². The molecule has 0 unspecified atom stereocenters. The molecule has 0 radical (unpaired) electrons. The van der Waals surface area contributed by atoms with E-state index < -0.39 is 0 Å². The van der Waals surface area contributed by atoms with Crippen LogP contribution in [0.2, 0.25) is 0 Å². The van der Waals surface area contributed by atoms with Crippen LogP contribution in [0.5, 0.6) is 0 Å². The van der Waals surface area contributed by atoms with Crippen molar-refractivity contribution in [3.63, 3.8) is 0 Å². The summed E-state index contributed by atoms with van der Waals surface area (Å²) < 4.78 is 1.29. The SMILES string of the molecule is O=C(c1ccc(=O)n(-c2ccccc2)n1)N1CCC(NCC2CC2)CC1. The molecule has 1 aromatic carbocycles. The van der Waals surface area contributed by atoms with E-state index >= 15 is 0 Å². The molecule has 0 atom stereocenters. The molecule has 6 nitrogen and oxygen atoms in total. The van der Waals surface area contributed by atoms with Crippen LogP contribution in [0.15, 0.2) is 47.3 Å². The highest BCUT2D eigenvalue weighted by Gasteiger charge is 2.27. The van der Waals surface area contributed by atoms with Gasteiger partial charge in [0.1, 0.15) is 5.69 Å². The molecule has 2 aromatic rings. The van der Waals surface area contributed by atoms with E-state index in [4.69, 9.17) is 0 Å². The predicted octanol–water partition coefficient (Wildman–Crippen LogP) is 1.84. The Labute approximate surface area is 152 Å². The van der Waals surface area contributed by atoms with Crippen LogP contribution in [0, 0.1) is 5.92 Å². The van der Waals surface area contributed by atoms with Gasteiger partial charge in [-0.3, -0.25) is 9.59 Å².